The molecule has 0 saturated carbocycles. The molecule has 3 nitrogen and oxygen atoms in total. The molecule has 1 heterocycles. The van der Waals surface area contributed by atoms with Gasteiger partial charge in [0.2, 0.25) is 0 Å². The largest absolute Gasteiger partial charge is 0.388 e. The molecule has 3 heteroatoms. The summed E-state index contributed by atoms with van der Waals surface area (Å²) < 4.78 is 4.57. The Hall–Kier alpha value is -0.120. The summed E-state index contributed by atoms with van der Waals surface area (Å²) in [7, 11) is 0. The summed E-state index contributed by atoms with van der Waals surface area (Å²) in [4.78, 5) is 0. The molecule has 0 aromatic rings. The normalized spacial score (nSPS) is 42.0. The zero-order valence-corrected chi connectivity index (χ0v) is 3.87. The van der Waals surface area contributed by atoms with E-state index in [1.807, 2.05) is 0 Å². The highest BCUT2D eigenvalue weighted by Gasteiger charge is 2.22. The molecule has 0 radical (unpaired) electrons. The van der Waals surface area contributed by atoms with Crippen molar-refractivity contribution in [3.8, 4) is 0 Å². The molecule has 2 N–H and O–H groups in total. The predicted molar refractivity (Wildman–Crippen MR) is 22.6 cm³/mol. The van der Waals surface area contributed by atoms with E-state index in [4.69, 9.17) is 10.2 Å². The molecular weight excluding hydrogens is 96.0 g/mol. The summed E-state index contributed by atoms with van der Waals surface area (Å²) in [6, 6.07) is 0. The molecule has 0 spiro atoms. The molecule has 0 bridgehead atoms. The van der Waals surface area contributed by atoms with Gasteiger partial charge in [0.05, 0.1) is 6.61 Å². The van der Waals surface area contributed by atoms with Crippen molar-refractivity contribution in [2.24, 2.45) is 0 Å². The Morgan fingerprint density at radius 2 is 2.14 bits per heavy atom. The summed E-state index contributed by atoms with van der Waals surface area (Å²) in [6.45, 7) is 0.475. The fraction of sp³-hybridized carbons (Fsp3) is 1.00. The first-order chi connectivity index (χ1) is 3.30. The Kier molecular flexibility index (Phi) is 1.27. The Morgan fingerprint density at radius 1 is 1.43 bits per heavy atom. The van der Waals surface area contributed by atoms with Gasteiger partial charge in [-0.3, -0.25) is 0 Å². The lowest BCUT2D eigenvalue weighted by atomic mass is 10.3. The van der Waals surface area contributed by atoms with Crippen LogP contribution in [0, 0.1) is 0 Å². The smallest absolute Gasteiger partial charge is 0.180 e. The first kappa shape index (κ1) is 5.03. The predicted octanol–water partition coefficient (Wildman–Crippen LogP) is -0.914. The van der Waals surface area contributed by atoms with Crippen LogP contribution in [0.15, 0.2) is 0 Å². The minimum atomic E-state index is -0.931. The lowest BCUT2D eigenvalue weighted by Gasteiger charge is -2.02. The van der Waals surface area contributed by atoms with Gasteiger partial charge in [0, 0.05) is 6.42 Å². The van der Waals surface area contributed by atoms with E-state index < -0.39 is 12.4 Å². The maximum absolute atomic E-state index is 8.62. The van der Waals surface area contributed by atoms with E-state index in [1.54, 1.807) is 0 Å². The highest BCUT2D eigenvalue weighted by atomic mass is 16.6. The third-order valence-electron chi connectivity index (χ3n) is 1.03. The van der Waals surface area contributed by atoms with Gasteiger partial charge in [-0.05, 0) is 0 Å². The van der Waals surface area contributed by atoms with Gasteiger partial charge in [0.15, 0.2) is 6.29 Å². The monoisotopic (exact) mass is 104 g/mol. The van der Waals surface area contributed by atoms with Crippen LogP contribution in [0.1, 0.15) is 6.42 Å². The fourth-order valence-electron chi connectivity index (χ4n) is 0.563. The van der Waals surface area contributed by atoms with Gasteiger partial charge in [0.25, 0.3) is 0 Å². The Balaban J connectivity index is 2.33. The number of hydrogen-bond donors (Lipinski definition) is 2. The summed E-state index contributed by atoms with van der Waals surface area (Å²) in [5.74, 6) is 0. The highest BCUT2D eigenvalue weighted by Crippen LogP contribution is 2.08. The Labute approximate surface area is 41.5 Å². The number of hydrogen-bond acceptors (Lipinski definition) is 3. The summed E-state index contributed by atoms with van der Waals surface area (Å²) in [6.07, 6.45) is -1.03. The molecule has 42 valence electrons. The summed E-state index contributed by atoms with van der Waals surface area (Å²) >= 11 is 0. The average Bonchev–Trinajstić information content (AvgIpc) is 1.91. The molecule has 0 unspecified atom stereocenters. The fourth-order valence-corrected chi connectivity index (χ4v) is 0.563. The van der Waals surface area contributed by atoms with Crippen molar-refractivity contribution in [3.05, 3.63) is 0 Å². The van der Waals surface area contributed by atoms with Gasteiger partial charge in [-0.2, -0.15) is 0 Å². The van der Waals surface area contributed by atoms with Crippen molar-refractivity contribution in [1.82, 2.24) is 0 Å². The van der Waals surface area contributed by atoms with Crippen LogP contribution in [-0.4, -0.2) is 29.2 Å². The summed E-state index contributed by atoms with van der Waals surface area (Å²) in [5.41, 5.74) is 0. The Bertz CT molecular complexity index is 56.0. The van der Waals surface area contributed by atoms with E-state index in [1.165, 1.54) is 0 Å². The van der Waals surface area contributed by atoms with Gasteiger partial charge in [-0.25, -0.2) is 0 Å². The molecule has 1 saturated heterocycles. The first-order valence-corrected chi connectivity index (χ1v) is 2.28. The first-order valence-electron chi connectivity index (χ1n) is 2.28. The van der Waals surface area contributed by atoms with Crippen LogP contribution in [0.5, 0.6) is 0 Å². The molecule has 7 heavy (non-hydrogen) atoms. The van der Waals surface area contributed by atoms with Gasteiger partial charge in [0.1, 0.15) is 6.10 Å². The van der Waals surface area contributed by atoms with Crippen LogP contribution in [0.2, 0.25) is 0 Å². The highest BCUT2D eigenvalue weighted by molar-refractivity contribution is 4.63. The molecule has 2 atom stereocenters. The van der Waals surface area contributed by atoms with E-state index in [0.717, 1.165) is 0 Å². The van der Waals surface area contributed by atoms with Crippen molar-refractivity contribution < 1.29 is 14.9 Å². The van der Waals surface area contributed by atoms with Crippen molar-refractivity contribution >= 4 is 0 Å². The second-order valence-electron chi connectivity index (χ2n) is 1.62. The molecule has 1 fully saturated rings. The molecule has 1 aliphatic heterocycles. The zero-order valence-electron chi connectivity index (χ0n) is 3.87. The van der Waals surface area contributed by atoms with Crippen LogP contribution in [0.25, 0.3) is 0 Å². The number of rotatable bonds is 0. The maximum Gasteiger partial charge on any atom is 0.180 e. The van der Waals surface area contributed by atoms with Crippen LogP contribution in [0.4, 0.5) is 0 Å². The van der Waals surface area contributed by atoms with E-state index in [2.05, 4.69) is 4.74 Å². The van der Waals surface area contributed by atoms with Gasteiger partial charge >= 0.3 is 0 Å². The molecular formula is C4H8O3. The third kappa shape index (κ3) is 0.907. The molecule has 1 rings (SSSR count). The number of ether oxygens (including phenoxy) is 1. The quantitative estimate of drug-likeness (QED) is 0.418. The van der Waals surface area contributed by atoms with E-state index in [-0.39, 0.29) is 0 Å². The van der Waals surface area contributed by atoms with E-state index >= 15 is 0 Å². The minimum absolute atomic E-state index is 0.475. The minimum Gasteiger partial charge on any atom is -0.388 e. The number of aliphatic hydroxyl groups excluding tert-OH is 2. The van der Waals surface area contributed by atoms with Crippen molar-refractivity contribution in [1.29, 1.82) is 0 Å². The topological polar surface area (TPSA) is 49.7 Å². The van der Waals surface area contributed by atoms with Crippen LogP contribution < -0.4 is 0 Å². The van der Waals surface area contributed by atoms with Gasteiger partial charge in [-0.1, -0.05) is 0 Å². The molecule has 1 aliphatic rings. The maximum atomic E-state index is 8.62. The summed E-state index contributed by atoms with van der Waals surface area (Å²) in [5, 5.41) is 17.1. The molecule has 0 amide bonds. The third-order valence-corrected chi connectivity index (χ3v) is 1.03. The second-order valence-corrected chi connectivity index (χ2v) is 1.62. The van der Waals surface area contributed by atoms with Gasteiger partial charge in [-0.15, -0.1) is 0 Å². The van der Waals surface area contributed by atoms with Crippen LogP contribution >= 0.6 is 0 Å². The van der Waals surface area contributed by atoms with E-state index in [0.29, 0.717) is 13.0 Å². The standard InChI is InChI=1S/C4H8O3/c5-3-1-2-7-4(3)6/h3-6H,1-2H2/t3-,4-/m1/s1. The lowest BCUT2D eigenvalue weighted by Crippen LogP contribution is -2.18. The van der Waals surface area contributed by atoms with Crippen molar-refractivity contribution in [3.63, 3.8) is 0 Å². The Morgan fingerprint density at radius 3 is 2.29 bits per heavy atom. The lowest BCUT2D eigenvalue weighted by molar-refractivity contribution is -0.107. The van der Waals surface area contributed by atoms with Crippen LogP contribution in [0.3, 0.4) is 0 Å². The second kappa shape index (κ2) is 1.78. The van der Waals surface area contributed by atoms with Crippen molar-refractivity contribution in [2.75, 3.05) is 6.61 Å². The van der Waals surface area contributed by atoms with Gasteiger partial charge < -0.3 is 14.9 Å². The molecule has 0 aliphatic carbocycles. The number of aliphatic hydroxyl groups is 2. The molecule has 0 aromatic carbocycles. The molecule has 0 aromatic heterocycles. The van der Waals surface area contributed by atoms with E-state index in [9.17, 15) is 0 Å². The van der Waals surface area contributed by atoms with Crippen LogP contribution in [-0.2, 0) is 4.74 Å². The SMILES string of the molecule is O[C@@H]1CCO[C@H]1O. The average molecular weight is 104 g/mol. The zero-order chi connectivity index (χ0) is 5.28. The van der Waals surface area contributed by atoms with Crippen molar-refractivity contribution in [2.45, 2.75) is 18.8 Å².